The van der Waals surface area contributed by atoms with Gasteiger partial charge in [0, 0.05) is 0 Å². The number of aryl methyl sites for hydroxylation is 1. The van der Waals surface area contributed by atoms with Crippen LogP contribution < -0.4 is 0 Å². The first-order valence-electron chi connectivity index (χ1n) is 11.4. The van der Waals surface area contributed by atoms with Crippen molar-refractivity contribution in [3.63, 3.8) is 0 Å². The van der Waals surface area contributed by atoms with Crippen LogP contribution in [-0.4, -0.2) is 0 Å². The van der Waals surface area contributed by atoms with Crippen LogP contribution in [-0.2, 0) is 10.8 Å². The Bertz CT molecular complexity index is 1480. The molecule has 0 amide bonds. The maximum atomic E-state index is 2.47. The molecule has 0 unspecified atom stereocenters. The van der Waals surface area contributed by atoms with E-state index in [9.17, 15) is 0 Å². The minimum atomic E-state index is 0.0461. The second kappa shape index (κ2) is 6.57. The molecule has 0 bridgehead atoms. The molecule has 0 saturated heterocycles. The first-order chi connectivity index (χ1) is 14.6. The quantitative estimate of drug-likeness (QED) is 0.226. The Hall–Kier alpha value is -2.86. The Balaban J connectivity index is 2.04. The fourth-order valence-electron chi connectivity index (χ4n) is 5.04. The molecule has 0 heterocycles. The van der Waals surface area contributed by atoms with Gasteiger partial charge in [0.2, 0.25) is 0 Å². The molecule has 156 valence electrons. The second-order valence-corrected chi connectivity index (χ2v) is 11.2. The van der Waals surface area contributed by atoms with Gasteiger partial charge < -0.3 is 0 Å². The van der Waals surface area contributed by atoms with Gasteiger partial charge in [-0.05, 0) is 89.7 Å². The molecule has 5 aromatic rings. The number of benzene rings is 5. The number of hydrogen-bond acceptors (Lipinski definition) is 0. The summed E-state index contributed by atoms with van der Waals surface area (Å²) in [6.07, 6.45) is 0. The van der Waals surface area contributed by atoms with E-state index < -0.39 is 0 Å². The van der Waals surface area contributed by atoms with E-state index in [0.717, 1.165) is 0 Å². The average Bonchev–Trinajstić information content (AvgIpc) is 2.71. The molecular formula is C31H32. The lowest BCUT2D eigenvalue weighted by Gasteiger charge is -2.25. The van der Waals surface area contributed by atoms with Gasteiger partial charge in [0.25, 0.3) is 0 Å². The summed E-state index contributed by atoms with van der Waals surface area (Å²) in [5, 5.41) is 10.9. The largest absolute Gasteiger partial charge is 0.0613 e. The third-order valence-corrected chi connectivity index (χ3v) is 6.86. The van der Waals surface area contributed by atoms with E-state index >= 15 is 0 Å². The summed E-state index contributed by atoms with van der Waals surface area (Å²) >= 11 is 0. The zero-order valence-electron chi connectivity index (χ0n) is 19.9. The molecular weight excluding hydrogens is 372 g/mol. The van der Waals surface area contributed by atoms with Gasteiger partial charge in [-0.15, -0.1) is 0 Å². The summed E-state index contributed by atoms with van der Waals surface area (Å²) in [7, 11) is 0. The lowest BCUT2D eigenvalue weighted by atomic mass is 9.78. The van der Waals surface area contributed by atoms with Crippen LogP contribution in [0.25, 0.3) is 43.1 Å². The maximum absolute atomic E-state index is 2.47. The van der Waals surface area contributed by atoms with Crippen molar-refractivity contribution in [3.8, 4) is 0 Å². The molecule has 0 aliphatic rings. The molecule has 0 aliphatic carbocycles. The van der Waals surface area contributed by atoms with Crippen LogP contribution in [0.4, 0.5) is 0 Å². The first kappa shape index (κ1) is 20.1. The topological polar surface area (TPSA) is 0 Å². The molecule has 31 heavy (non-hydrogen) atoms. The zero-order valence-corrected chi connectivity index (χ0v) is 19.9. The summed E-state index contributed by atoms with van der Waals surface area (Å²) in [4.78, 5) is 0. The SMILES string of the molecule is Cc1cccc2c1ccc1c2cc(C(C)(C)C)c2c3cc(C(C)(C)C)ccc3ccc12. The highest BCUT2D eigenvalue weighted by Gasteiger charge is 2.22. The van der Waals surface area contributed by atoms with E-state index in [1.807, 2.05) is 0 Å². The van der Waals surface area contributed by atoms with Crippen LogP contribution in [0.5, 0.6) is 0 Å². The monoisotopic (exact) mass is 404 g/mol. The first-order valence-corrected chi connectivity index (χ1v) is 11.4. The number of rotatable bonds is 0. The van der Waals surface area contributed by atoms with Gasteiger partial charge in [0.05, 0.1) is 0 Å². The third-order valence-electron chi connectivity index (χ3n) is 6.86. The Labute approximate surface area is 185 Å². The minimum Gasteiger partial charge on any atom is -0.0613 e. The van der Waals surface area contributed by atoms with Crippen molar-refractivity contribution in [2.24, 2.45) is 0 Å². The van der Waals surface area contributed by atoms with Crippen molar-refractivity contribution in [3.05, 3.63) is 83.4 Å². The molecule has 0 radical (unpaired) electrons. The smallest absolute Gasteiger partial charge is 0.00614 e. The Kier molecular flexibility index (Phi) is 4.25. The molecule has 5 rings (SSSR count). The van der Waals surface area contributed by atoms with Gasteiger partial charge in [-0.1, -0.05) is 96.1 Å². The highest BCUT2D eigenvalue weighted by Crippen LogP contribution is 2.42. The standard InChI is InChI=1S/C31H32/c1-19-9-8-10-23-22(19)15-16-24-25-14-12-20-11-13-21(30(2,3)4)17-26(20)29(25)28(18-27(23)24)31(5,6)7/h8-18H,1-7H3. The molecule has 0 fully saturated rings. The van der Waals surface area contributed by atoms with Crippen LogP contribution >= 0.6 is 0 Å². The maximum Gasteiger partial charge on any atom is -0.00614 e. The van der Waals surface area contributed by atoms with Gasteiger partial charge in [-0.25, -0.2) is 0 Å². The molecule has 0 N–H and O–H groups in total. The van der Waals surface area contributed by atoms with Gasteiger partial charge >= 0.3 is 0 Å². The highest BCUT2D eigenvalue weighted by molar-refractivity contribution is 6.23. The van der Waals surface area contributed by atoms with E-state index in [1.165, 1.54) is 59.8 Å². The van der Waals surface area contributed by atoms with Crippen LogP contribution in [0.3, 0.4) is 0 Å². The zero-order chi connectivity index (χ0) is 22.1. The van der Waals surface area contributed by atoms with Crippen LogP contribution in [0.2, 0.25) is 0 Å². The fraction of sp³-hybridized carbons (Fsp3) is 0.290. The minimum absolute atomic E-state index is 0.0461. The van der Waals surface area contributed by atoms with E-state index in [4.69, 9.17) is 0 Å². The molecule has 0 aromatic heterocycles. The third kappa shape index (κ3) is 3.12. The van der Waals surface area contributed by atoms with E-state index in [-0.39, 0.29) is 10.8 Å². The number of fused-ring (bicyclic) bond motifs is 7. The Morgan fingerprint density at radius 2 is 1.16 bits per heavy atom. The molecule has 0 saturated carbocycles. The van der Waals surface area contributed by atoms with Crippen molar-refractivity contribution in [2.45, 2.75) is 59.3 Å². The summed E-state index contributed by atoms with van der Waals surface area (Å²) in [5.41, 5.74) is 4.33. The lowest BCUT2D eigenvalue weighted by molar-refractivity contribution is 0.591. The molecule has 0 aliphatic heterocycles. The molecule has 5 aromatic carbocycles. The summed E-state index contributed by atoms with van der Waals surface area (Å²) in [6.45, 7) is 16.1. The van der Waals surface area contributed by atoms with Gasteiger partial charge in [-0.2, -0.15) is 0 Å². The van der Waals surface area contributed by atoms with Gasteiger partial charge in [0.1, 0.15) is 0 Å². The van der Waals surface area contributed by atoms with E-state index in [2.05, 4.69) is 115 Å². The predicted molar refractivity (Wildman–Crippen MR) is 139 cm³/mol. The second-order valence-electron chi connectivity index (χ2n) is 11.2. The predicted octanol–water partition coefficient (Wildman–Crippen LogP) is 9.20. The average molecular weight is 405 g/mol. The van der Waals surface area contributed by atoms with Crippen LogP contribution in [0.15, 0.2) is 66.7 Å². The van der Waals surface area contributed by atoms with Crippen LogP contribution in [0, 0.1) is 6.92 Å². The van der Waals surface area contributed by atoms with Crippen molar-refractivity contribution >= 4 is 43.1 Å². The van der Waals surface area contributed by atoms with E-state index in [0.29, 0.717) is 0 Å². The van der Waals surface area contributed by atoms with Crippen molar-refractivity contribution < 1.29 is 0 Å². The van der Waals surface area contributed by atoms with Crippen LogP contribution in [0.1, 0.15) is 58.2 Å². The van der Waals surface area contributed by atoms with Crippen molar-refractivity contribution in [2.75, 3.05) is 0 Å². The molecule has 0 atom stereocenters. The fourth-order valence-corrected chi connectivity index (χ4v) is 5.04. The van der Waals surface area contributed by atoms with Gasteiger partial charge in [-0.3, -0.25) is 0 Å². The number of hydrogen-bond donors (Lipinski definition) is 0. The lowest BCUT2D eigenvalue weighted by Crippen LogP contribution is -2.13. The highest BCUT2D eigenvalue weighted by atomic mass is 14.3. The van der Waals surface area contributed by atoms with Crippen molar-refractivity contribution in [1.82, 2.24) is 0 Å². The molecule has 0 nitrogen and oxygen atoms in total. The summed E-state index contributed by atoms with van der Waals surface area (Å²) in [6, 6.07) is 25.5. The van der Waals surface area contributed by atoms with E-state index in [1.54, 1.807) is 0 Å². The van der Waals surface area contributed by atoms with Gasteiger partial charge in [0.15, 0.2) is 0 Å². The Morgan fingerprint density at radius 1 is 0.516 bits per heavy atom. The normalized spacial score (nSPS) is 13.0. The van der Waals surface area contributed by atoms with Crippen molar-refractivity contribution in [1.29, 1.82) is 0 Å². The molecule has 0 spiro atoms. The summed E-state index contributed by atoms with van der Waals surface area (Å²) < 4.78 is 0. The molecule has 0 heteroatoms. The summed E-state index contributed by atoms with van der Waals surface area (Å²) in [5.74, 6) is 0. The Morgan fingerprint density at radius 3 is 1.87 bits per heavy atom.